The van der Waals surface area contributed by atoms with E-state index in [4.69, 9.17) is 5.26 Å². The van der Waals surface area contributed by atoms with Crippen LogP contribution < -0.4 is 0 Å². The van der Waals surface area contributed by atoms with Gasteiger partial charge in [0.25, 0.3) is 5.91 Å². The summed E-state index contributed by atoms with van der Waals surface area (Å²) in [6.45, 7) is 0.576. The number of carbonyl (C=O) groups excluding carboxylic acids is 2. The van der Waals surface area contributed by atoms with Crippen LogP contribution in [0.3, 0.4) is 0 Å². The molecule has 0 unspecified atom stereocenters. The highest BCUT2D eigenvalue weighted by Crippen LogP contribution is 2.40. The third kappa shape index (κ3) is 2.82. The van der Waals surface area contributed by atoms with Gasteiger partial charge in [-0.1, -0.05) is 18.2 Å². The normalized spacial score (nSPS) is 12.8. The van der Waals surface area contributed by atoms with E-state index >= 15 is 0 Å². The first-order valence-electron chi connectivity index (χ1n) is 8.19. The van der Waals surface area contributed by atoms with Crippen molar-refractivity contribution < 1.29 is 14.0 Å². The number of fused-ring (bicyclic) bond motifs is 1. The number of thiophene rings is 1. The molecule has 3 aromatic rings. The zero-order valence-corrected chi connectivity index (χ0v) is 15.1. The van der Waals surface area contributed by atoms with Gasteiger partial charge in [0, 0.05) is 29.6 Å². The summed E-state index contributed by atoms with van der Waals surface area (Å²) in [5.74, 6) is -0.643. The Morgan fingerprint density at radius 2 is 1.93 bits per heavy atom. The van der Waals surface area contributed by atoms with Crippen molar-refractivity contribution in [2.75, 3.05) is 7.05 Å². The average molecular weight is 376 g/mol. The molecule has 0 atom stereocenters. The zero-order chi connectivity index (χ0) is 19.1. The number of halogens is 1. The van der Waals surface area contributed by atoms with Crippen molar-refractivity contribution in [3.8, 4) is 27.6 Å². The molecule has 1 aromatic heterocycles. The highest BCUT2D eigenvalue weighted by atomic mass is 32.1. The number of benzene rings is 2. The van der Waals surface area contributed by atoms with Gasteiger partial charge in [-0.05, 0) is 41.0 Å². The van der Waals surface area contributed by atoms with Crippen LogP contribution in [0.25, 0.3) is 21.6 Å². The highest BCUT2D eigenvalue weighted by Gasteiger charge is 2.25. The molecular formula is C21H13FN2O2S. The maximum atomic E-state index is 14.1. The second-order valence-corrected chi connectivity index (χ2v) is 7.43. The van der Waals surface area contributed by atoms with E-state index in [-0.39, 0.29) is 11.5 Å². The first-order valence-corrected chi connectivity index (χ1v) is 9.01. The third-order valence-electron chi connectivity index (χ3n) is 4.62. The Morgan fingerprint density at radius 3 is 2.63 bits per heavy atom. The highest BCUT2D eigenvalue weighted by molar-refractivity contribution is 7.17. The predicted molar refractivity (Wildman–Crippen MR) is 101 cm³/mol. The SMILES string of the molecule is CN1Cc2ccc(-c3sc(C=O)cc3-c3ccc(C#N)c(F)c3)cc2C1=O. The lowest BCUT2D eigenvalue weighted by Crippen LogP contribution is -2.17. The third-order valence-corrected chi connectivity index (χ3v) is 5.73. The Labute approximate surface area is 159 Å². The molecule has 0 aliphatic carbocycles. The van der Waals surface area contributed by atoms with E-state index in [0.29, 0.717) is 28.1 Å². The van der Waals surface area contributed by atoms with Gasteiger partial charge >= 0.3 is 0 Å². The molecular weight excluding hydrogens is 363 g/mol. The summed E-state index contributed by atoms with van der Waals surface area (Å²) >= 11 is 1.29. The Kier molecular flexibility index (Phi) is 4.09. The minimum atomic E-state index is -0.606. The van der Waals surface area contributed by atoms with E-state index < -0.39 is 5.82 Å². The quantitative estimate of drug-likeness (QED) is 0.633. The van der Waals surface area contributed by atoms with Crippen LogP contribution in [0, 0.1) is 17.1 Å². The molecule has 4 nitrogen and oxygen atoms in total. The van der Waals surface area contributed by atoms with Crippen molar-refractivity contribution in [3.63, 3.8) is 0 Å². The van der Waals surface area contributed by atoms with Gasteiger partial charge in [-0.3, -0.25) is 9.59 Å². The minimum absolute atomic E-state index is 0.0303. The van der Waals surface area contributed by atoms with Crippen LogP contribution in [0.15, 0.2) is 42.5 Å². The minimum Gasteiger partial charge on any atom is -0.337 e. The first-order chi connectivity index (χ1) is 13.0. The van der Waals surface area contributed by atoms with E-state index in [2.05, 4.69) is 0 Å². The molecule has 0 N–H and O–H groups in total. The van der Waals surface area contributed by atoms with Gasteiger partial charge in [0.05, 0.1) is 10.4 Å². The smallest absolute Gasteiger partial charge is 0.254 e. The fraction of sp³-hybridized carbons (Fsp3) is 0.0952. The maximum Gasteiger partial charge on any atom is 0.254 e. The van der Waals surface area contributed by atoms with Crippen LogP contribution >= 0.6 is 11.3 Å². The lowest BCUT2D eigenvalue weighted by atomic mass is 9.98. The average Bonchev–Trinajstić information content (AvgIpc) is 3.23. The summed E-state index contributed by atoms with van der Waals surface area (Å²) in [6, 6.07) is 13.5. The lowest BCUT2D eigenvalue weighted by Gasteiger charge is -2.07. The standard InChI is InChI=1S/C21H13FN2O2S/c1-24-10-15-5-3-13(6-18(15)21(24)26)20-17(8-16(11-25)27-20)12-2-4-14(9-23)19(22)7-12/h2-8,11H,10H2,1H3. The first kappa shape index (κ1) is 17.1. The molecule has 27 heavy (non-hydrogen) atoms. The van der Waals surface area contributed by atoms with Crippen LogP contribution in [-0.4, -0.2) is 24.1 Å². The molecule has 0 saturated carbocycles. The topological polar surface area (TPSA) is 61.2 Å². The van der Waals surface area contributed by atoms with Crippen LogP contribution in [0.5, 0.6) is 0 Å². The summed E-state index contributed by atoms with van der Waals surface area (Å²) in [5.41, 5.74) is 3.66. The Balaban J connectivity index is 1.87. The molecule has 1 amide bonds. The number of carbonyl (C=O) groups is 2. The number of nitriles is 1. The van der Waals surface area contributed by atoms with E-state index in [0.717, 1.165) is 22.3 Å². The fourth-order valence-corrected chi connectivity index (χ4v) is 4.25. The fourth-order valence-electron chi connectivity index (χ4n) is 3.26. The zero-order valence-electron chi connectivity index (χ0n) is 14.3. The molecule has 0 fully saturated rings. The van der Waals surface area contributed by atoms with Crippen molar-refractivity contribution in [1.82, 2.24) is 4.90 Å². The number of hydrogen-bond acceptors (Lipinski definition) is 4. The molecule has 6 heteroatoms. The van der Waals surface area contributed by atoms with Crippen molar-refractivity contribution in [1.29, 1.82) is 5.26 Å². The molecule has 0 radical (unpaired) electrons. The summed E-state index contributed by atoms with van der Waals surface area (Å²) < 4.78 is 14.1. The van der Waals surface area contributed by atoms with E-state index in [1.165, 1.54) is 23.5 Å². The van der Waals surface area contributed by atoms with Gasteiger partial charge in [-0.25, -0.2) is 4.39 Å². The van der Waals surface area contributed by atoms with Crippen LogP contribution in [0.1, 0.15) is 31.2 Å². The van der Waals surface area contributed by atoms with Crippen molar-refractivity contribution in [3.05, 3.63) is 69.8 Å². The number of nitrogens with zero attached hydrogens (tertiary/aromatic N) is 2. The van der Waals surface area contributed by atoms with E-state index in [9.17, 15) is 14.0 Å². The maximum absolute atomic E-state index is 14.1. The van der Waals surface area contributed by atoms with Crippen molar-refractivity contribution in [2.24, 2.45) is 0 Å². The second-order valence-electron chi connectivity index (χ2n) is 6.35. The predicted octanol–water partition coefficient (Wildman–Crippen LogP) is 4.49. The van der Waals surface area contributed by atoms with Gasteiger partial charge in [0.15, 0.2) is 6.29 Å². The second kappa shape index (κ2) is 6.45. The number of aldehydes is 1. The van der Waals surface area contributed by atoms with E-state index in [1.807, 2.05) is 18.2 Å². The summed E-state index contributed by atoms with van der Waals surface area (Å²) in [7, 11) is 1.75. The van der Waals surface area contributed by atoms with Crippen molar-refractivity contribution in [2.45, 2.75) is 6.54 Å². The molecule has 2 aromatic carbocycles. The molecule has 0 saturated heterocycles. The summed E-state index contributed by atoms with van der Waals surface area (Å²) in [5, 5.41) is 8.92. The number of amides is 1. The van der Waals surface area contributed by atoms with Crippen LogP contribution in [-0.2, 0) is 6.54 Å². The lowest BCUT2D eigenvalue weighted by molar-refractivity contribution is 0.0816. The largest absolute Gasteiger partial charge is 0.337 e. The Morgan fingerprint density at radius 1 is 1.15 bits per heavy atom. The molecule has 4 rings (SSSR count). The summed E-state index contributed by atoms with van der Waals surface area (Å²) in [4.78, 5) is 26.6. The molecule has 0 spiro atoms. The van der Waals surface area contributed by atoms with E-state index in [1.54, 1.807) is 30.1 Å². The molecule has 1 aliphatic rings. The van der Waals surface area contributed by atoms with Gasteiger partial charge < -0.3 is 4.90 Å². The Hall–Kier alpha value is -3.30. The molecule has 132 valence electrons. The summed E-state index contributed by atoms with van der Waals surface area (Å²) in [6.07, 6.45) is 0.754. The van der Waals surface area contributed by atoms with Gasteiger partial charge in [-0.2, -0.15) is 5.26 Å². The van der Waals surface area contributed by atoms with Crippen LogP contribution in [0.2, 0.25) is 0 Å². The van der Waals surface area contributed by atoms with Gasteiger partial charge in [0.2, 0.25) is 0 Å². The number of rotatable bonds is 3. The van der Waals surface area contributed by atoms with Gasteiger partial charge in [0.1, 0.15) is 11.9 Å². The molecule has 2 heterocycles. The monoisotopic (exact) mass is 376 g/mol. The van der Waals surface area contributed by atoms with Crippen LogP contribution in [0.4, 0.5) is 4.39 Å². The number of hydrogen-bond donors (Lipinski definition) is 0. The molecule has 1 aliphatic heterocycles. The van der Waals surface area contributed by atoms with Gasteiger partial charge in [-0.15, -0.1) is 11.3 Å². The van der Waals surface area contributed by atoms with Crippen molar-refractivity contribution >= 4 is 23.5 Å². The Bertz CT molecular complexity index is 1140. The molecule has 0 bridgehead atoms.